The van der Waals surface area contributed by atoms with Crippen molar-refractivity contribution < 1.29 is 4.79 Å². The highest BCUT2D eigenvalue weighted by Gasteiger charge is 2.37. The van der Waals surface area contributed by atoms with E-state index in [-0.39, 0.29) is 4.75 Å². The van der Waals surface area contributed by atoms with Crippen molar-refractivity contribution in [2.24, 2.45) is 5.92 Å². The molecule has 1 nitrogen and oxygen atoms in total. The fraction of sp³-hybridized carbons (Fsp3) is 0.875. The van der Waals surface area contributed by atoms with Gasteiger partial charge in [0, 0.05) is 10.7 Å². The maximum Gasteiger partial charge on any atom is 0.134 e. The van der Waals surface area contributed by atoms with Gasteiger partial charge in [0.15, 0.2) is 0 Å². The topological polar surface area (TPSA) is 17.1 Å². The fourth-order valence-corrected chi connectivity index (χ4v) is 2.95. The molecule has 0 radical (unpaired) electrons. The average molecular weight is 158 g/mol. The first kappa shape index (κ1) is 8.12. The van der Waals surface area contributed by atoms with Gasteiger partial charge in [-0.25, -0.2) is 0 Å². The number of thioether (sulfide) groups is 1. The van der Waals surface area contributed by atoms with Gasteiger partial charge in [0.2, 0.25) is 0 Å². The van der Waals surface area contributed by atoms with Crippen LogP contribution in [0, 0.1) is 5.92 Å². The highest BCUT2D eigenvalue weighted by Crippen LogP contribution is 2.42. The molecule has 10 heavy (non-hydrogen) atoms. The Kier molecular flexibility index (Phi) is 2.09. The highest BCUT2D eigenvalue weighted by molar-refractivity contribution is 8.00. The summed E-state index contributed by atoms with van der Waals surface area (Å²) in [6.07, 6.45) is 1.08. The number of carbonyl (C=O) groups is 1. The van der Waals surface area contributed by atoms with Crippen molar-refractivity contribution in [1.29, 1.82) is 0 Å². The molecule has 0 spiro atoms. The quantitative estimate of drug-likeness (QED) is 0.581. The van der Waals surface area contributed by atoms with Crippen LogP contribution in [0.4, 0.5) is 0 Å². The third kappa shape index (κ3) is 1.36. The number of hydrogen-bond donors (Lipinski definition) is 0. The molecule has 0 saturated carbocycles. The minimum atomic E-state index is 0.200. The van der Waals surface area contributed by atoms with Crippen LogP contribution in [-0.4, -0.2) is 16.3 Å². The van der Waals surface area contributed by atoms with E-state index in [1.165, 1.54) is 0 Å². The van der Waals surface area contributed by atoms with E-state index in [0.717, 1.165) is 12.2 Å². The van der Waals surface area contributed by atoms with Crippen molar-refractivity contribution in [3.8, 4) is 0 Å². The summed E-state index contributed by atoms with van der Waals surface area (Å²) < 4.78 is 0.200. The summed E-state index contributed by atoms with van der Waals surface area (Å²) in [6, 6.07) is 0. The van der Waals surface area contributed by atoms with E-state index in [9.17, 15) is 4.79 Å². The second kappa shape index (κ2) is 2.57. The summed E-state index contributed by atoms with van der Waals surface area (Å²) in [7, 11) is 0. The zero-order chi connectivity index (χ0) is 7.78. The van der Waals surface area contributed by atoms with Crippen LogP contribution in [0.2, 0.25) is 0 Å². The molecule has 1 fully saturated rings. The Morgan fingerprint density at radius 3 is 2.40 bits per heavy atom. The maximum absolute atomic E-state index is 11.0. The molecular weight excluding hydrogens is 144 g/mol. The van der Waals surface area contributed by atoms with E-state index < -0.39 is 0 Å². The van der Waals surface area contributed by atoms with Crippen molar-refractivity contribution in [1.82, 2.24) is 0 Å². The first-order valence-corrected chi connectivity index (χ1v) is 4.67. The summed E-state index contributed by atoms with van der Waals surface area (Å²) in [5.41, 5.74) is 0. The Bertz CT molecular complexity index is 151. The van der Waals surface area contributed by atoms with Gasteiger partial charge in [0.25, 0.3) is 0 Å². The van der Waals surface area contributed by atoms with Crippen LogP contribution in [-0.2, 0) is 4.79 Å². The Morgan fingerprint density at radius 2 is 2.20 bits per heavy atom. The van der Waals surface area contributed by atoms with Crippen LogP contribution in [0.5, 0.6) is 0 Å². The summed E-state index contributed by atoms with van der Waals surface area (Å²) in [6.45, 7) is 6.03. The van der Waals surface area contributed by atoms with E-state index in [1.807, 2.05) is 11.8 Å². The molecule has 1 aliphatic rings. The molecule has 0 aromatic heterocycles. The minimum absolute atomic E-state index is 0.200. The lowest BCUT2D eigenvalue weighted by Crippen LogP contribution is -2.27. The van der Waals surface area contributed by atoms with Gasteiger partial charge in [-0.2, -0.15) is 11.8 Å². The van der Waals surface area contributed by atoms with Gasteiger partial charge in [-0.15, -0.1) is 0 Å². The van der Waals surface area contributed by atoms with Crippen LogP contribution in [0.1, 0.15) is 27.2 Å². The molecule has 1 unspecified atom stereocenters. The van der Waals surface area contributed by atoms with Crippen molar-refractivity contribution in [3.63, 3.8) is 0 Å². The zero-order valence-corrected chi connectivity index (χ0v) is 7.62. The van der Waals surface area contributed by atoms with E-state index in [2.05, 4.69) is 13.8 Å². The molecule has 0 amide bonds. The monoisotopic (exact) mass is 158 g/mol. The Labute approximate surface area is 66.6 Å². The predicted octanol–water partition coefficient (Wildman–Crippen LogP) is 2.11. The van der Waals surface area contributed by atoms with Gasteiger partial charge >= 0.3 is 0 Å². The molecule has 1 saturated heterocycles. The van der Waals surface area contributed by atoms with Crippen LogP contribution in [0.3, 0.4) is 0 Å². The Hall–Kier alpha value is 0.0200. The van der Waals surface area contributed by atoms with Crippen molar-refractivity contribution in [2.45, 2.75) is 31.9 Å². The third-order valence-corrected chi connectivity index (χ3v) is 3.68. The second-order valence-corrected chi connectivity index (χ2v) is 5.15. The molecule has 1 aliphatic heterocycles. The Morgan fingerprint density at radius 1 is 1.60 bits per heavy atom. The van der Waals surface area contributed by atoms with Crippen molar-refractivity contribution in [3.05, 3.63) is 0 Å². The predicted molar refractivity (Wildman–Crippen MR) is 45.3 cm³/mol. The smallest absolute Gasteiger partial charge is 0.134 e. The molecule has 0 aromatic carbocycles. The standard InChI is InChI=1S/C8H14OS/c1-6(9)7-4-5-10-8(7,2)3/h7H,4-5H2,1-3H3. The molecular formula is C8H14OS. The van der Waals surface area contributed by atoms with Crippen LogP contribution in [0.25, 0.3) is 0 Å². The van der Waals surface area contributed by atoms with E-state index in [0.29, 0.717) is 11.7 Å². The molecule has 1 atom stereocenters. The van der Waals surface area contributed by atoms with Crippen molar-refractivity contribution in [2.75, 3.05) is 5.75 Å². The number of rotatable bonds is 1. The van der Waals surface area contributed by atoms with E-state index in [4.69, 9.17) is 0 Å². The largest absolute Gasteiger partial charge is 0.300 e. The lowest BCUT2D eigenvalue weighted by atomic mass is 9.90. The van der Waals surface area contributed by atoms with Gasteiger partial charge in [0.05, 0.1) is 0 Å². The average Bonchev–Trinajstić information content (AvgIpc) is 2.08. The summed E-state index contributed by atoms with van der Waals surface area (Å²) in [5, 5.41) is 0. The van der Waals surface area contributed by atoms with Gasteiger partial charge in [-0.3, -0.25) is 4.79 Å². The summed E-state index contributed by atoms with van der Waals surface area (Å²) in [5.74, 6) is 1.81. The van der Waals surface area contributed by atoms with Crippen LogP contribution in [0.15, 0.2) is 0 Å². The number of carbonyl (C=O) groups excluding carboxylic acids is 1. The second-order valence-electron chi connectivity index (χ2n) is 3.40. The van der Waals surface area contributed by atoms with Crippen LogP contribution < -0.4 is 0 Å². The molecule has 0 N–H and O–H groups in total. The zero-order valence-electron chi connectivity index (χ0n) is 6.81. The van der Waals surface area contributed by atoms with Crippen molar-refractivity contribution >= 4 is 17.5 Å². The van der Waals surface area contributed by atoms with E-state index in [1.54, 1.807) is 6.92 Å². The lowest BCUT2D eigenvalue weighted by molar-refractivity contribution is -0.121. The van der Waals surface area contributed by atoms with Gasteiger partial charge in [-0.05, 0) is 32.9 Å². The first-order chi connectivity index (χ1) is 4.54. The molecule has 0 bridgehead atoms. The van der Waals surface area contributed by atoms with Crippen LogP contribution >= 0.6 is 11.8 Å². The maximum atomic E-state index is 11.0. The van der Waals surface area contributed by atoms with Gasteiger partial charge < -0.3 is 0 Å². The number of Topliss-reactive ketones (excluding diaryl/α,β-unsaturated/α-hetero) is 1. The lowest BCUT2D eigenvalue weighted by Gasteiger charge is -2.23. The molecule has 1 rings (SSSR count). The van der Waals surface area contributed by atoms with E-state index >= 15 is 0 Å². The molecule has 58 valence electrons. The molecule has 2 heteroatoms. The number of hydrogen-bond acceptors (Lipinski definition) is 2. The number of ketones is 1. The summed E-state index contributed by atoms with van der Waals surface area (Å²) in [4.78, 5) is 11.0. The first-order valence-electron chi connectivity index (χ1n) is 3.68. The fourth-order valence-electron chi connectivity index (χ4n) is 1.58. The van der Waals surface area contributed by atoms with Gasteiger partial charge in [-0.1, -0.05) is 0 Å². The Balaban J connectivity index is 2.68. The third-order valence-electron chi connectivity index (χ3n) is 2.21. The SMILES string of the molecule is CC(=O)C1CCSC1(C)C. The normalized spacial score (nSPS) is 30.5. The minimum Gasteiger partial charge on any atom is -0.300 e. The van der Waals surface area contributed by atoms with Gasteiger partial charge in [0.1, 0.15) is 5.78 Å². The molecule has 0 aliphatic carbocycles. The highest BCUT2D eigenvalue weighted by atomic mass is 32.2. The molecule has 1 heterocycles. The summed E-state index contributed by atoms with van der Waals surface area (Å²) >= 11 is 1.92. The molecule has 0 aromatic rings.